The summed E-state index contributed by atoms with van der Waals surface area (Å²) in [5.41, 5.74) is 3.80. The largest absolute Gasteiger partial charge is 0.457 e. The van der Waals surface area contributed by atoms with Gasteiger partial charge in [0.1, 0.15) is 17.2 Å². The molecule has 0 radical (unpaired) electrons. The van der Waals surface area contributed by atoms with E-state index in [0.29, 0.717) is 17.2 Å². The Morgan fingerprint density at radius 2 is 1.94 bits per heavy atom. The molecule has 1 fully saturated rings. The third-order valence-corrected chi connectivity index (χ3v) is 6.53. The number of hydrogen-bond acceptors (Lipinski definition) is 7. The van der Waals surface area contributed by atoms with Gasteiger partial charge >= 0.3 is 0 Å². The summed E-state index contributed by atoms with van der Waals surface area (Å²) in [7, 11) is 1.58. The molecule has 2 aromatic carbocycles. The molecule has 0 unspecified atom stereocenters. The molecule has 7 nitrogen and oxygen atoms in total. The Kier molecular flexibility index (Phi) is 6.19. The molecular weight excluding hydrogens is 436 g/mol. The molecule has 0 aliphatic carbocycles. The van der Waals surface area contributed by atoms with Crippen LogP contribution >= 0.6 is 11.3 Å². The van der Waals surface area contributed by atoms with E-state index >= 15 is 0 Å². The maximum atomic E-state index is 11.8. The molecule has 168 valence electrons. The van der Waals surface area contributed by atoms with Gasteiger partial charge in [0.15, 0.2) is 0 Å². The fourth-order valence-corrected chi connectivity index (χ4v) is 4.91. The Bertz CT molecular complexity index is 1280. The van der Waals surface area contributed by atoms with Crippen molar-refractivity contribution in [1.82, 2.24) is 15.3 Å². The van der Waals surface area contributed by atoms with Crippen LogP contribution in [0.15, 0.2) is 60.8 Å². The summed E-state index contributed by atoms with van der Waals surface area (Å²) in [5.74, 6) is 1.01. The molecule has 1 amide bonds. The molecule has 5 rings (SSSR count). The maximum absolute atomic E-state index is 11.8. The number of para-hydroxylation sites is 1. The Morgan fingerprint density at radius 1 is 1.12 bits per heavy atom. The first kappa shape index (κ1) is 21.4. The summed E-state index contributed by atoms with van der Waals surface area (Å²) in [6, 6.07) is 17.8. The molecule has 0 bridgehead atoms. The zero-order valence-electron chi connectivity index (χ0n) is 18.3. The molecule has 33 heavy (non-hydrogen) atoms. The summed E-state index contributed by atoms with van der Waals surface area (Å²) in [6.07, 6.45) is 2.35. The Hall–Kier alpha value is -3.49. The van der Waals surface area contributed by atoms with Crippen LogP contribution in [0.3, 0.4) is 0 Å². The highest BCUT2D eigenvalue weighted by Gasteiger charge is 2.16. The fraction of sp³-hybridized carbons (Fsp3) is 0.240. The van der Waals surface area contributed by atoms with Gasteiger partial charge in [0.25, 0.3) is 5.91 Å². The smallest absolute Gasteiger partial charge is 0.269 e. The van der Waals surface area contributed by atoms with Crippen LogP contribution in [0.25, 0.3) is 10.2 Å². The highest BCUT2D eigenvalue weighted by atomic mass is 32.1. The van der Waals surface area contributed by atoms with Gasteiger partial charge in [-0.05, 0) is 29.8 Å². The molecule has 0 saturated carbocycles. The number of thiazole rings is 1. The molecule has 1 aliphatic rings. The number of anilines is 1. The van der Waals surface area contributed by atoms with Gasteiger partial charge in [0, 0.05) is 50.6 Å². The normalized spacial score (nSPS) is 13.8. The zero-order valence-corrected chi connectivity index (χ0v) is 19.1. The van der Waals surface area contributed by atoms with Crippen LogP contribution in [-0.4, -0.2) is 49.2 Å². The standard InChI is InChI=1S/C25H24N4O3S/c1-26-25(30)21-15-19(8-9-27-21)32-18-6-7-20-23(16-18)33-24(28-20)14-17-4-2-3-5-22(17)29-10-12-31-13-11-29/h2-9,15-16H,10-14H2,1H3,(H,26,30). The average molecular weight is 461 g/mol. The second-order valence-electron chi connectivity index (χ2n) is 7.70. The summed E-state index contributed by atoms with van der Waals surface area (Å²) in [5, 5.41) is 3.63. The SMILES string of the molecule is CNC(=O)c1cc(Oc2ccc3nc(Cc4ccccc4N4CCOCC4)sc3c2)ccn1. The van der Waals surface area contributed by atoms with Crippen molar-refractivity contribution < 1.29 is 14.3 Å². The fourth-order valence-electron chi connectivity index (χ4n) is 3.89. The predicted molar refractivity (Wildman–Crippen MR) is 130 cm³/mol. The third-order valence-electron chi connectivity index (χ3n) is 5.52. The van der Waals surface area contributed by atoms with Gasteiger partial charge in [-0.25, -0.2) is 4.98 Å². The van der Waals surface area contributed by atoms with Crippen molar-refractivity contribution in [3.8, 4) is 11.5 Å². The molecule has 0 atom stereocenters. The highest BCUT2D eigenvalue weighted by molar-refractivity contribution is 7.18. The van der Waals surface area contributed by atoms with Crippen LogP contribution < -0.4 is 15.0 Å². The lowest BCUT2D eigenvalue weighted by Gasteiger charge is -2.30. The van der Waals surface area contributed by atoms with Gasteiger partial charge in [0.2, 0.25) is 0 Å². The number of hydrogen-bond donors (Lipinski definition) is 1. The minimum absolute atomic E-state index is 0.250. The van der Waals surface area contributed by atoms with Gasteiger partial charge in [-0.15, -0.1) is 11.3 Å². The summed E-state index contributed by atoms with van der Waals surface area (Å²) >= 11 is 1.67. The number of ether oxygens (including phenoxy) is 2. The van der Waals surface area contributed by atoms with E-state index in [-0.39, 0.29) is 5.91 Å². The van der Waals surface area contributed by atoms with E-state index in [2.05, 4.69) is 39.5 Å². The molecule has 3 heterocycles. The topological polar surface area (TPSA) is 76.6 Å². The van der Waals surface area contributed by atoms with E-state index in [1.54, 1.807) is 36.7 Å². The van der Waals surface area contributed by atoms with E-state index in [0.717, 1.165) is 47.9 Å². The van der Waals surface area contributed by atoms with E-state index in [4.69, 9.17) is 14.5 Å². The first-order chi connectivity index (χ1) is 16.2. The number of morpholine rings is 1. The summed E-state index contributed by atoms with van der Waals surface area (Å²) < 4.78 is 12.6. The molecule has 0 spiro atoms. The average Bonchev–Trinajstić information content (AvgIpc) is 3.26. The molecule has 1 saturated heterocycles. The molecular formula is C25H24N4O3S. The predicted octanol–water partition coefficient (Wildman–Crippen LogP) is 4.27. The van der Waals surface area contributed by atoms with Crippen molar-refractivity contribution in [3.63, 3.8) is 0 Å². The highest BCUT2D eigenvalue weighted by Crippen LogP contribution is 2.32. The molecule has 1 aliphatic heterocycles. The zero-order chi connectivity index (χ0) is 22.6. The Labute approximate surface area is 196 Å². The van der Waals surface area contributed by atoms with Crippen molar-refractivity contribution in [2.75, 3.05) is 38.3 Å². The van der Waals surface area contributed by atoms with E-state index in [1.807, 2.05) is 18.2 Å². The summed E-state index contributed by atoms with van der Waals surface area (Å²) in [6.45, 7) is 3.35. The maximum Gasteiger partial charge on any atom is 0.269 e. The second kappa shape index (κ2) is 9.56. The molecule has 1 N–H and O–H groups in total. The van der Waals surface area contributed by atoms with E-state index in [9.17, 15) is 4.79 Å². The first-order valence-electron chi connectivity index (χ1n) is 10.9. The number of nitrogens with zero attached hydrogens (tertiary/aromatic N) is 3. The van der Waals surface area contributed by atoms with E-state index < -0.39 is 0 Å². The number of nitrogens with one attached hydrogen (secondary N) is 1. The number of benzene rings is 2. The summed E-state index contributed by atoms with van der Waals surface area (Å²) in [4.78, 5) is 23.1. The van der Waals surface area contributed by atoms with Crippen LogP contribution in [0.1, 0.15) is 21.1 Å². The number of amides is 1. The number of fused-ring (bicyclic) bond motifs is 1. The monoisotopic (exact) mass is 460 g/mol. The van der Waals surface area contributed by atoms with Crippen molar-refractivity contribution in [2.45, 2.75) is 6.42 Å². The third kappa shape index (κ3) is 4.81. The van der Waals surface area contributed by atoms with Gasteiger partial charge in [0.05, 0.1) is 28.4 Å². The number of rotatable bonds is 6. The molecule has 4 aromatic rings. The quantitative estimate of drug-likeness (QED) is 0.463. The minimum Gasteiger partial charge on any atom is -0.457 e. The van der Waals surface area contributed by atoms with Crippen molar-refractivity contribution in [2.24, 2.45) is 0 Å². The van der Waals surface area contributed by atoms with Crippen molar-refractivity contribution in [1.29, 1.82) is 0 Å². The lowest BCUT2D eigenvalue weighted by atomic mass is 10.1. The van der Waals surface area contributed by atoms with Crippen LogP contribution in [-0.2, 0) is 11.2 Å². The lowest BCUT2D eigenvalue weighted by molar-refractivity contribution is 0.0958. The van der Waals surface area contributed by atoms with Crippen LogP contribution in [0, 0.1) is 0 Å². The van der Waals surface area contributed by atoms with Crippen molar-refractivity contribution >= 4 is 33.1 Å². The number of pyridine rings is 1. The minimum atomic E-state index is -0.250. The van der Waals surface area contributed by atoms with Gasteiger partial charge < -0.3 is 19.7 Å². The first-order valence-corrected chi connectivity index (χ1v) is 11.7. The van der Waals surface area contributed by atoms with Crippen LogP contribution in [0.5, 0.6) is 11.5 Å². The van der Waals surface area contributed by atoms with Gasteiger partial charge in [-0.3, -0.25) is 9.78 Å². The van der Waals surface area contributed by atoms with Crippen LogP contribution in [0.4, 0.5) is 5.69 Å². The lowest BCUT2D eigenvalue weighted by Crippen LogP contribution is -2.36. The van der Waals surface area contributed by atoms with Gasteiger partial charge in [-0.1, -0.05) is 18.2 Å². The second-order valence-corrected chi connectivity index (χ2v) is 8.82. The van der Waals surface area contributed by atoms with E-state index in [1.165, 1.54) is 11.3 Å². The Morgan fingerprint density at radius 3 is 2.79 bits per heavy atom. The van der Waals surface area contributed by atoms with Crippen molar-refractivity contribution in [3.05, 3.63) is 77.1 Å². The molecule has 2 aromatic heterocycles. The molecule has 8 heteroatoms. The number of carbonyl (C=O) groups excluding carboxylic acids is 1. The number of carbonyl (C=O) groups is 1. The Balaban J connectivity index is 1.36. The number of aromatic nitrogens is 2. The van der Waals surface area contributed by atoms with Crippen LogP contribution in [0.2, 0.25) is 0 Å². The van der Waals surface area contributed by atoms with Gasteiger partial charge in [-0.2, -0.15) is 0 Å².